The van der Waals surface area contributed by atoms with Gasteiger partial charge in [0.05, 0.1) is 11.1 Å². The Labute approximate surface area is 120 Å². The highest BCUT2D eigenvalue weighted by Crippen LogP contribution is 2.18. The Morgan fingerprint density at radius 2 is 1.86 bits per heavy atom. The average Bonchev–Trinajstić information content (AvgIpc) is 2.47. The van der Waals surface area contributed by atoms with E-state index < -0.39 is 5.97 Å². The molecule has 0 atom stereocenters. The van der Waals surface area contributed by atoms with Crippen LogP contribution in [0.15, 0.2) is 42.5 Å². The number of hydrogen-bond acceptors (Lipinski definition) is 5. The van der Waals surface area contributed by atoms with E-state index in [2.05, 4.69) is 20.5 Å². The van der Waals surface area contributed by atoms with Gasteiger partial charge in [0.25, 0.3) is 0 Å². The number of aromatic carboxylic acids is 1. The molecule has 0 fully saturated rings. The van der Waals surface area contributed by atoms with Gasteiger partial charge in [-0.1, -0.05) is 12.1 Å². The van der Waals surface area contributed by atoms with Gasteiger partial charge in [0.2, 0.25) is 5.95 Å². The summed E-state index contributed by atoms with van der Waals surface area (Å²) in [7, 11) is 0. The van der Waals surface area contributed by atoms with Crippen LogP contribution in [0.1, 0.15) is 15.9 Å². The predicted octanol–water partition coefficient (Wildman–Crippen LogP) is 2.78. The van der Waals surface area contributed by atoms with Crippen LogP contribution in [0.2, 0.25) is 0 Å². The average molecular weight is 280 g/mol. The zero-order valence-corrected chi connectivity index (χ0v) is 11.2. The number of aryl methyl sites for hydroxylation is 1. The highest BCUT2D eigenvalue weighted by Gasteiger charge is 2.08. The molecule has 6 heteroatoms. The number of para-hydroxylation sites is 1. The van der Waals surface area contributed by atoms with Gasteiger partial charge in [0.1, 0.15) is 5.52 Å². The molecule has 6 nitrogen and oxygen atoms in total. The Balaban J connectivity index is 1.91. The van der Waals surface area contributed by atoms with Crippen LogP contribution in [0.3, 0.4) is 0 Å². The molecule has 0 aliphatic rings. The molecule has 0 amide bonds. The van der Waals surface area contributed by atoms with Crippen molar-refractivity contribution in [3.63, 3.8) is 0 Å². The molecule has 1 aromatic heterocycles. The molecule has 21 heavy (non-hydrogen) atoms. The third kappa shape index (κ3) is 2.64. The number of carboxylic acid groups (broad SMARTS) is 1. The first-order valence-electron chi connectivity index (χ1n) is 6.34. The van der Waals surface area contributed by atoms with E-state index in [0.29, 0.717) is 11.5 Å². The maximum absolute atomic E-state index is 11.0. The maximum Gasteiger partial charge on any atom is 0.335 e. The molecule has 0 aliphatic carbocycles. The predicted molar refractivity (Wildman–Crippen MR) is 78.8 cm³/mol. The minimum Gasteiger partial charge on any atom is -0.478 e. The Bertz CT molecular complexity index is 833. The second kappa shape index (κ2) is 5.16. The van der Waals surface area contributed by atoms with Gasteiger partial charge in [-0.3, -0.25) is 0 Å². The molecule has 0 bridgehead atoms. The summed E-state index contributed by atoms with van der Waals surface area (Å²) in [5.41, 5.74) is 3.13. The lowest BCUT2D eigenvalue weighted by atomic mass is 10.1. The van der Waals surface area contributed by atoms with Gasteiger partial charge in [-0.25, -0.2) is 9.78 Å². The third-order valence-corrected chi connectivity index (χ3v) is 3.07. The van der Waals surface area contributed by atoms with Gasteiger partial charge in [0.15, 0.2) is 0 Å². The number of aromatic nitrogens is 3. The Morgan fingerprint density at radius 1 is 1.10 bits per heavy atom. The number of carbonyl (C=O) groups is 1. The zero-order valence-electron chi connectivity index (χ0n) is 11.2. The Hall–Kier alpha value is -3.02. The van der Waals surface area contributed by atoms with Crippen molar-refractivity contribution in [3.8, 4) is 0 Å². The normalized spacial score (nSPS) is 10.5. The Morgan fingerprint density at radius 3 is 2.57 bits per heavy atom. The van der Waals surface area contributed by atoms with Crippen LogP contribution in [0.25, 0.3) is 11.0 Å². The molecule has 3 rings (SSSR count). The fourth-order valence-corrected chi connectivity index (χ4v) is 2.04. The van der Waals surface area contributed by atoms with Crippen LogP contribution < -0.4 is 5.32 Å². The monoisotopic (exact) mass is 280 g/mol. The molecule has 0 spiro atoms. The minimum absolute atomic E-state index is 0.276. The van der Waals surface area contributed by atoms with Crippen molar-refractivity contribution in [2.24, 2.45) is 0 Å². The molecular formula is C15H12N4O2. The van der Waals surface area contributed by atoms with E-state index in [1.165, 1.54) is 0 Å². The standard InChI is InChI=1S/C15H12N4O2/c1-9-8-10(6-7-11(9)14(20)21)16-15-17-12-4-2-3-5-13(12)18-19-15/h2-8H,1H3,(H,20,21)(H,16,17,19). The summed E-state index contributed by atoms with van der Waals surface area (Å²) in [5, 5.41) is 20.1. The van der Waals surface area contributed by atoms with Crippen LogP contribution in [0, 0.1) is 6.92 Å². The molecule has 0 unspecified atom stereocenters. The molecule has 3 aromatic rings. The number of carboxylic acids is 1. The third-order valence-electron chi connectivity index (χ3n) is 3.07. The summed E-state index contributed by atoms with van der Waals surface area (Å²) in [6.45, 7) is 1.74. The van der Waals surface area contributed by atoms with Crippen molar-refractivity contribution >= 4 is 28.6 Å². The van der Waals surface area contributed by atoms with Crippen molar-refractivity contribution < 1.29 is 9.90 Å². The molecule has 2 aromatic carbocycles. The van der Waals surface area contributed by atoms with Crippen LogP contribution in [-0.4, -0.2) is 26.3 Å². The second-order valence-corrected chi connectivity index (χ2v) is 4.58. The molecule has 104 valence electrons. The smallest absolute Gasteiger partial charge is 0.335 e. The quantitative estimate of drug-likeness (QED) is 0.767. The molecule has 1 heterocycles. The number of hydrogen-bond donors (Lipinski definition) is 2. The molecule has 0 aliphatic heterocycles. The van der Waals surface area contributed by atoms with E-state index in [1.54, 1.807) is 25.1 Å². The summed E-state index contributed by atoms with van der Waals surface area (Å²) >= 11 is 0. The molecular weight excluding hydrogens is 268 g/mol. The highest BCUT2D eigenvalue weighted by molar-refractivity contribution is 5.90. The summed E-state index contributed by atoms with van der Waals surface area (Å²) in [6, 6.07) is 12.4. The number of fused-ring (bicyclic) bond motifs is 1. The van der Waals surface area contributed by atoms with Crippen molar-refractivity contribution in [3.05, 3.63) is 53.6 Å². The number of rotatable bonds is 3. The first-order valence-corrected chi connectivity index (χ1v) is 6.34. The lowest BCUT2D eigenvalue weighted by molar-refractivity contribution is 0.0696. The minimum atomic E-state index is -0.942. The zero-order chi connectivity index (χ0) is 14.8. The van der Waals surface area contributed by atoms with Gasteiger partial charge >= 0.3 is 5.97 Å². The number of nitrogens with zero attached hydrogens (tertiary/aromatic N) is 3. The van der Waals surface area contributed by atoms with Crippen LogP contribution in [0.5, 0.6) is 0 Å². The van der Waals surface area contributed by atoms with Crippen LogP contribution in [-0.2, 0) is 0 Å². The van der Waals surface area contributed by atoms with E-state index in [9.17, 15) is 4.79 Å². The van der Waals surface area contributed by atoms with Gasteiger partial charge in [-0.2, -0.15) is 0 Å². The summed E-state index contributed by atoms with van der Waals surface area (Å²) < 4.78 is 0. The molecule has 0 radical (unpaired) electrons. The van der Waals surface area contributed by atoms with Crippen molar-refractivity contribution in [1.29, 1.82) is 0 Å². The van der Waals surface area contributed by atoms with Gasteiger partial charge in [-0.05, 0) is 42.8 Å². The van der Waals surface area contributed by atoms with E-state index in [0.717, 1.165) is 16.7 Å². The van der Waals surface area contributed by atoms with E-state index in [-0.39, 0.29) is 5.56 Å². The fraction of sp³-hybridized carbons (Fsp3) is 0.0667. The van der Waals surface area contributed by atoms with E-state index in [1.807, 2.05) is 24.3 Å². The van der Waals surface area contributed by atoms with Crippen molar-refractivity contribution in [2.45, 2.75) is 6.92 Å². The van der Waals surface area contributed by atoms with Crippen molar-refractivity contribution in [2.75, 3.05) is 5.32 Å². The van der Waals surface area contributed by atoms with Gasteiger partial charge in [-0.15, -0.1) is 10.2 Å². The summed E-state index contributed by atoms with van der Waals surface area (Å²) in [6.07, 6.45) is 0. The van der Waals surface area contributed by atoms with Gasteiger partial charge < -0.3 is 10.4 Å². The number of anilines is 2. The van der Waals surface area contributed by atoms with Crippen molar-refractivity contribution in [1.82, 2.24) is 15.2 Å². The first-order chi connectivity index (χ1) is 10.1. The summed E-state index contributed by atoms with van der Waals surface area (Å²) in [4.78, 5) is 15.3. The first kappa shape index (κ1) is 13.0. The molecule has 0 saturated carbocycles. The second-order valence-electron chi connectivity index (χ2n) is 4.58. The van der Waals surface area contributed by atoms with Crippen LogP contribution >= 0.6 is 0 Å². The lowest BCUT2D eigenvalue weighted by Gasteiger charge is -2.07. The summed E-state index contributed by atoms with van der Waals surface area (Å²) in [5.74, 6) is -0.571. The van der Waals surface area contributed by atoms with Crippen LogP contribution in [0.4, 0.5) is 11.6 Å². The number of benzene rings is 2. The molecule has 0 saturated heterocycles. The maximum atomic E-state index is 11.0. The topological polar surface area (TPSA) is 88.0 Å². The fourth-order valence-electron chi connectivity index (χ4n) is 2.04. The highest BCUT2D eigenvalue weighted by atomic mass is 16.4. The largest absolute Gasteiger partial charge is 0.478 e. The van der Waals surface area contributed by atoms with Gasteiger partial charge in [0, 0.05) is 5.69 Å². The van der Waals surface area contributed by atoms with E-state index in [4.69, 9.17) is 5.11 Å². The number of nitrogens with one attached hydrogen (secondary N) is 1. The lowest BCUT2D eigenvalue weighted by Crippen LogP contribution is -2.02. The van der Waals surface area contributed by atoms with E-state index >= 15 is 0 Å². The Kier molecular flexibility index (Phi) is 3.19. The SMILES string of the molecule is Cc1cc(Nc2nnc3ccccc3n2)ccc1C(=O)O. The molecule has 2 N–H and O–H groups in total.